The average molecular weight is 421 g/mol. The number of guanidine groups is 1. The summed E-state index contributed by atoms with van der Waals surface area (Å²) in [6.07, 6.45) is 2.50. The first-order valence-corrected chi connectivity index (χ1v) is 10.6. The van der Waals surface area contributed by atoms with Crippen molar-refractivity contribution in [2.45, 2.75) is 31.1 Å². The maximum atomic E-state index is 5.98. The first-order valence-electron chi connectivity index (χ1n) is 10.6. The Balaban J connectivity index is 1.65. The van der Waals surface area contributed by atoms with E-state index in [0.717, 1.165) is 62.1 Å². The molecule has 0 aliphatic carbocycles. The van der Waals surface area contributed by atoms with Crippen LogP contribution in [0.4, 0.5) is 0 Å². The van der Waals surface area contributed by atoms with Gasteiger partial charge in [-0.2, -0.15) is 0 Å². The number of benzene rings is 1. The van der Waals surface area contributed by atoms with E-state index in [1.807, 2.05) is 19.2 Å². The van der Waals surface area contributed by atoms with Gasteiger partial charge in [0.2, 0.25) is 0 Å². The van der Waals surface area contributed by atoms with Crippen LogP contribution in [0.2, 0.25) is 0 Å². The van der Waals surface area contributed by atoms with Gasteiger partial charge < -0.3 is 34.1 Å². The number of ether oxygens (including phenoxy) is 4. The molecule has 8 heteroatoms. The predicted octanol–water partition coefficient (Wildman–Crippen LogP) is 1.76. The third kappa shape index (κ3) is 5.36. The molecule has 3 atom stereocenters. The molecule has 1 aromatic rings. The number of aliphatic imine (C=N–C) groups is 1. The molecular formula is C22H36N4O4. The molecule has 2 aliphatic rings. The second-order valence-electron chi connectivity index (χ2n) is 7.93. The molecule has 8 nitrogen and oxygen atoms in total. The van der Waals surface area contributed by atoms with Gasteiger partial charge in [-0.3, -0.25) is 4.99 Å². The third-order valence-electron chi connectivity index (χ3n) is 5.85. The Morgan fingerprint density at radius 1 is 1.20 bits per heavy atom. The minimum atomic E-state index is 0.107. The fourth-order valence-corrected chi connectivity index (χ4v) is 4.17. The van der Waals surface area contributed by atoms with Crippen LogP contribution in [0.25, 0.3) is 0 Å². The van der Waals surface area contributed by atoms with Crippen LogP contribution in [0.5, 0.6) is 11.5 Å². The molecule has 1 N–H and O–H groups in total. The molecule has 3 unspecified atom stereocenters. The van der Waals surface area contributed by atoms with Crippen molar-refractivity contribution in [3.05, 3.63) is 23.8 Å². The zero-order valence-corrected chi connectivity index (χ0v) is 18.9. The summed E-state index contributed by atoms with van der Waals surface area (Å²) in [5.74, 6) is 2.36. The monoisotopic (exact) mass is 420 g/mol. The lowest BCUT2D eigenvalue weighted by molar-refractivity contribution is -0.0817. The van der Waals surface area contributed by atoms with E-state index in [2.05, 4.69) is 40.3 Å². The lowest BCUT2D eigenvalue weighted by atomic mass is 10.0. The Morgan fingerprint density at radius 2 is 1.97 bits per heavy atom. The first kappa shape index (κ1) is 22.7. The molecule has 0 amide bonds. The molecule has 3 rings (SSSR count). The van der Waals surface area contributed by atoms with Gasteiger partial charge in [-0.1, -0.05) is 6.07 Å². The normalized spacial score (nSPS) is 23.5. The topological polar surface area (TPSA) is 67.8 Å². The van der Waals surface area contributed by atoms with Gasteiger partial charge in [-0.15, -0.1) is 0 Å². The second kappa shape index (κ2) is 10.8. The number of methoxy groups -OCH3 is 2. The Morgan fingerprint density at radius 3 is 2.60 bits per heavy atom. The van der Waals surface area contributed by atoms with Gasteiger partial charge in [-0.05, 0) is 44.6 Å². The predicted molar refractivity (Wildman–Crippen MR) is 118 cm³/mol. The van der Waals surface area contributed by atoms with Crippen LogP contribution in [0.15, 0.2) is 23.2 Å². The van der Waals surface area contributed by atoms with E-state index in [0.29, 0.717) is 6.61 Å². The molecular weight excluding hydrogens is 384 g/mol. The summed E-state index contributed by atoms with van der Waals surface area (Å²) >= 11 is 0. The summed E-state index contributed by atoms with van der Waals surface area (Å²) in [6, 6.07) is 6.22. The summed E-state index contributed by atoms with van der Waals surface area (Å²) in [5.41, 5.74) is 1.15. The van der Waals surface area contributed by atoms with E-state index < -0.39 is 0 Å². The fraction of sp³-hybridized carbons (Fsp3) is 0.682. The average Bonchev–Trinajstić information content (AvgIpc) is 3.31. The van der Waals surface area contributed by atoms with Gasteiger partial charge in [0.1, 0.15) is 6.10 Å². The summed E-state index contributed by atoms with van der Waals surface area (Å²) in [7, 11) is 9.30. The van der Waals surface area contributed by atoms with Crippen LogP contribution >= 0.6 is 0 Å². The summed E-state index contributed by atoms with van der Waals surface area (Å²) in [6.45, 7) is 3.88. The van der Waals surface area contributed by atoms with Crippen molar-refractivity contribution in [1.29, 1.82) is 0 Å². The minimum Gasteiger partial charge on any atom is -0.493 e. The molecule has 2 fully saturated rings. The fourth-order valence-electron chi connectivity index (χ4n) is 4.17. The van der Waals surface area contributed by atoms with Gasteiger partial charge >= 0.3 is 0 Å². The highest BCUT2D eigenvalue weighted by molar-refractivity contribution is 5.80. The van der Waals surface area contributed by atoms with E-state index >= 15 is 0 Å². The second-order valence-corrected chi connectivity index (χ2v) is 7.93. The minimum absolute atomic E-state index is 0.107. The van der Waals surface area contributed by atoms with Crippen LogP contribution < -0.4 is 14.8 Å². The molecule has 0 saturated carbocycles. The van der Waals surface area contributed by atoms with Crippen molar-refractivity contribution in [3.63, 3.8) is 0 Å². The molecule has 30 heavy (non-hydrogen) atoms. The highest BCUT2D eigenvalue weighted by atomic mass is 16.5. The van der Waals surface area contributed by atoms with E-state index in [1.54, 1.807) is 14.2 Å². The van der Waals surface area contributed by atoms with Crippen molar-refractivity contribution in [1.82, 2.24) is 15.1 Å². The van der Waals surface area contributed by atoms with Gasteiger partial charge in [0, 0.05) is 33.3 Å². The zero-order chi connectivity index (χ0) is 21.5. The standard InChI is InChI=1S/C22H36N4O4/c1-23-22(26-10-12-30-21(15-26)19-7-6-11-29-19)24-14-17(25(2)3)16-8-9-18(27-4)20(13-16)28-5/h8-9,13,17,19,21H,6-7,10-12,14-15H2,1-5H3,(H,23,24). The molecule has 0 bridgehead atoms. The number of hydrogen-bond donors (Lipinski definition) is 1. The van der Waals surface area contributed by atoms with Gasteiger partial charge in [0.15, 0.2) is 17.5 Å². The SMILES string of the molecule is CN=C(NCC(c1ccc(OC)c(OC)c1)N(C)C)N1CCOC(C2CCCO2)C1. The molecule has 168 valence electrons. The quantitative estimate of drug-likeness (QED) is 0.533. The Labute approximate surface area is 180 Å². The number of rotatable bonds is 7. The molecule has 2 heterocycles. The third-order valence-corrected chi connectivity index (χ3v) is 5.85. The van der Waals surface area contributed by atoms with Crippen molar-refractivity contribution in [3.8, 4) is 11.5 Å². The number of hydrogen-bond acceptors (Lipinski definition) is 6. The Kier molecular flexibility index (Phi) is 8.18. The van der Waals surface area contributed by atoms with E-state index in [4.69, 9.17) is 18.9 Å². The summed E-state index contributed by atoms with van der Waals surface area (Å²) < 4.78 is 22.7. The maximum Gasteiger partial charge on any atom is 0.193 e. The van der Waals surface area contributed by atoms with Crippen LogP contribution in [-0.4, -0.2) is 96.2 Å². The molecule has 0 radical (unpaired) electrons. The first-order chi connectivity index (χ1) is 14.6. The van der Waals surface area contributed by atoms with Gasteiger partial charge in [0.05, 0.1) is 33.0 Å². The lowest BCUT2D eigenvalue weighted by Gasteiger charge is -2.37. The van der Waals surface area contributed by atoms with Gasteiger partial charge in [-0.25, -0.2) is 0 Å². The Bertz CT molecular complexity index is 706. The number of nitrogens with zero attached hydrogens (tertiary/aromatic N) is 3. The molecule has 0 spiro atoms. The number of nitrogens with one attached hydrogen (secondary N) is 1. The van der Waals surface area contributed by atoms with Crippen LogP contribution in [0.1, 0.15) is 24.4 Å². The Hall–Kier alpha value is -2.03. The van der Waals surface area contributed by atoms with E-state index in [9.17, 15) is 0 Å². The lowest BCUT2D eigenvalue weighted by Crippen LogP contribution is -2.54. The summed E-state index contributed by atoms with van der Waals surface area (Å²) in [4.78, 5) is 9.00. The van der Waals surface area contributed by atoms with Crippen molar-refractivity contribution in [2.75, 3.05) is 68.2 Å². The molecule has 2 aliphatic heterocycles. The molecule has 0 aromatic heterocycles. The van der Waals surface area contributed by atoms with Crippen LogP contribution in [-0.2, 0) is 9.47 Å². The van der Waals surface area contributed by atoms with Gasteiger partial charge in [0.25, 0.3) is 0 Å². The zero-order valence-electron chi connectivity index (χ0n) is 18.9. The van der Waals surface area contributed by atoms with E-state index in [-0.39, 0.29) is 18.2 Å². The van der Waals surface area contributed by atoms with Crippen molar-refractivity contribution >= 4 is 5.96 Å². The maximum absolute atomic E-state index is 5.98. The number of likely N-dealkylation sites (N-methyl/N-ethyl adjacent to an activating group) is 1. The highest BCUT2D eigenvalue weighted by Crippen LogP contribution is 2.31. The molecule has 1 aromatic carbocycles. The smallest absolute Gasteiger partial charge is 0.193 e. The highest BCUT2D eigenvalue weighted by Gasteiger charge is 2.32. The van der Waals surface area contributed by atoms with E-state index in [1.165, 1.54) is 0 Å². The van der Waals surface area contributed by atoms with Crippen LogP contribution in [0, 0.1) is 0 Å². The molecule has 2 saturated heterocycles. The van der Waals surface area contributed by atoms with Crippen LogP contribution in [0.3, 0.4) is 0 Å². The largest absolute Gasteiger partial charge is 0.493 e. The van der Waals surface area contributed by atoms with Crippen molar-refractivity contribution < 1.29 is 18.9 Å². The van der Waals surface area contributed by atoms with Crippen molar-refractivity contribution in [2.24, 2.45) is 4.99 Å². The number of morpholine rings is 1. The summed E-state index contributed by atoms with van der Waals surface area (Å²) in [5, 5.41) is 3.56.